The van der Waals surface area contributed by atoms with Gasteiger partial charge in [-0.25, -0.2) is 15.6 Å². The number of carbonyl (C=O) groups excluding carboxylic acids is 2. The highest BCUT2D eigenvalue weighted by molar-refractivity contribution is 5.75. The fourth-order valence-electron chi connectivity index (χ4n) is 2.42. The first-order valence-electron chi connectivity index (χ1n) is 7.19. The molecule has 2 N–H and O–H groups in total. The molecular weight excluding hydrogens is 260 g/mol. The summed E-state index contributed by atoms with van der Waals surface area (Å²) < 4.78 is 10.3. The van der Waals surface area contributed by atoms with Crippen molar-refractivity contribution in [3.05, 3.63) is 0 Å². The van der Waals surface area contributed by atoms with E-state index >= 15 is 0 Å². The Bertz CT molecular complexity index is 352. The second kappa shape index (κ2) is 6.92. The van der Waals surface area contributed by atoms with E-state index < -0.39 is 11.7 Å². The minimum absolute atomic E-state index is 0.281. The van der Waals surface area contributed by atoms with Gasteiger partial charge in [-0.2, -0.15) is 0 Å². The van der Waals surface area contributed by atoms with Crippen LogP contribution in [0.1, 0.15) is 53.4 Å². The maximum Gasteiger partial charge on any atom is 0.424 e. The molecule has 0 heterocycles. The van der Waals surface area contributed by atoms with Gasteiger partial charge in [-0.15, -0.1) is 0 Å². The lowest BCUT2D eigenvalue weighted by Crippen LogP contribution is -2.53. The summed E-state index contributed by atoms with van der Waals surface area (Å²) >= 11 is 0. The van der Waals surface area contributed by atoms with Gasteiger partial charge in [-0.3, -0.25) is 4.79 Å². The first-order valence-corrected chi connectivity index (χ1v) is 7.19. The molecule has 2 atom stereocenters. The fourth-order valence-corrected chi connectivity index (χ4v) is 2.42. The van der Waals surface area contributed by atoms with Crippen molar-refractivity contribution in [3.8, 4) is 0 Å². The van der Waals surface area contributed by atoms with E-state index in [0.717, 1.165) is 17.9 Å². The van der Waals surface area contributed by atoms with Crippen LogP contribution < -0.4 is 5.84 Å². The largest absolute Gasteiger partial charge is 0.466 e. The van der Waals surface area contributed by atoms with E-state index in [1.54, 1.807) is 27.7 Å². The summed E-state index contributed by atoms with van der Waals surface area (Å²) in [5.41, 5.74) is -0.608. The van der Waals surface area contributed by atoms with Crippen molar-refractivity contribution in [2.75, 3.05) is 6.61 Å². The summed E-state index contributed by atoms with van der Waals surface area (Å²) in [6.45, 7) is 7.44. The molecular formula is C14H26N2O4. The summed E-state index contributed by atoms with van der Waals surface area (Å²) in [7, 11) is 0. The van der Waals surface area contributed by atoms with Crippen LogP contribution in [0.4, 0.5) is 4.79 Å². The third-order valence-electron chi connectivity index (χ3n) is 3.28. The van der Waals surface area contributed by atoms with Gasteiger partial charge in [0.25, 0.3) is 0 Å². The number of carbonyl (C=O) groups is 2. The van der Waals surface area contributed by atoms with Crippen LogP contribution in [0, 0.1) is 5.92 Å². The molecule has 0 spiro atoms. The van der Waals surface area contributed by atoms with E-state index in [9.17, 15) is 9.59 Å². The molecule has 0 aliphatic heterocycles. The molecule has 6 heteroatoms. The number of hydrogen-bond acceptors (Lipinski definition) is 5. The van der Waals surface area contributed by atoms with Gasteiger partial charge in [-0.05, 0) is 40.5 Å². The zero-order valence-electron chi connectivity index (χ0n) is 12.8. The predicted molar refractivity (Wildman–Crippen MR) is 74.6 cm³/mol. The topological polar surface area (TPSA) is 81.9 Å². The van der Waals surface area contributed by atoms with Crippen LogP contribution in [0.5, 0.6) is 0 Å². The smallest absolute Gasteiger partial charge is 0.424 e. The van der Waals surface area contributed by atoms with E-state index in [4.69, 9.17) is 15.3 Å². The molecule has 0 saturated heterocycles. The Morgan fingerprint density at radius 1 is 1.25 bits per heavy atom. The van der Waals surface area contributed by atoms with Crippen LogP contribution >= 0.6 is 0 Å². The standard InChI is InChI=1S/C14H26N2O4/c1-5-19-12(17)10-8-6-7-9-11(10)16(15)13(18)20-14(2,3)4/h10-11H,5-9,15H2,1-4H3. The molecule has 20 heavy (non-hydrogen) atoms. The summed E-state index contributed by atoms with van der Waals surface area (Å²) in [6.07, 6.45) is 2.68. The lowest BCUT2D eigenvalue weighted by atomic mass is 9.84. The second-order valence-corrected chi connectivity index (χ2v) is 6.10. The van der Waals surface area contributed by atoms with Gasteiger partial charge < -0.3 is 9.47 Å². The Balaban J connectivity index is 2.74. The molecule has 1 fully saturated rings. The van der Waals surface area contributed by atoms with E-state index in [0.29, 0.717) is 19.4 Å². The number of hydrogen-bond donors (Lipinski definition) is 1. The van der Waals surface area contributed by atoms with Crippen molar-refractivity contribution >= 4 is 12.1 Å². The number of esters is 1. The van der Waals surface area contributed by atoms with Gasteiger partial charge in [0, 0.05) is 0 Å². The minimum Gasteiger partial charge on any atom is -0.466 e. The monoisotopic (exact) mass is 286 g/mol. The summed E-state index contributed by atoms with van der Waals surface area (Å²) in [6, 6.07) is -0.349. The van der Waals surface area contributed by atoms with E-state index in [2.05, 4.69) is 0 Å². The van der Waals surface area contributed by atoms with Crippen LogP contribution in [0.3, 0.4) is 0 Å². The highest BCUT2D eigenvalue weighted by Crippen LogP contribution is 2.29. The van der Waals surface area contributed by atoms with E-state index in [-0.39, 0.29) is 17.9 Å². The summed E-state index contributed by atoms with van der Waals surface area (Å²) in [4.78, 5) is 24.0. The van der Waals surface area contributed by atoms with Gasteiger partial charge in [-0.1, -0.05) is 12.8 Å². The maximum atomic E-state index is 12.0. The first kappa shape index (κ1) is 16.8. The fraction of sp³-hybridized carbons (Fsp3) is 0.857. The number of ether oxygens (including phenoxy) is 2. The van der Waals surface area contributed by atoms with Crippen LogP contribution in [0.2, 0.25) is 0 Å². The lowest BCUT2D eigenvalue weighted by Gasteiger charge is -2.36. The van der Waals surface area contributed by atoms with Gasteiger partial charge in [0.1, 0.15) is 5.60 Å². The molecule has 0 radical (unpaired) electrons. The van der Waals surface area contributed by atoms with Crippen molar-refractivity contribution in [2.24, 2.45) is 11.8 Å². The summed E-state index contributed by atoms with van der Waals surface area (Å²) in [5, 5.41) is 1.06. The van der Waals surface area contributed by atoms with Gasteiger partial charge >= 0.3 is 12.1 Å². The molecule has 0 aromatic heterocycles. The first-order chi connectivity index (χ1) is 9.26. The number of nitrogens with zero attached hydrogens (tertiary/aromatic N) is 1. The van der Waals surface area contributed by atoms with Crippen molar-refractivity contribution in [1.82, 2.24) is 5.01 Å². The third-order valence-corrected chi connectivity index (χ3v) is 3.28. The molecule has 1 amide bonds. The Kier molecular flexibility index (Phi) is 5.80. The highest BCUT2D eigenvalue weighted by atomic mass is 16.6. The zero-order valence-corrected chi connectivity index (χ0v) is 12.8. The quantitative estimate of drug-likeness (QED) is 0.372. The van der Waals surface area contributed by atoms with Crippen molar-refractivity contribution in [1.29, 1.82) is 0 Å². The second-order valence-electron chi connectivity index (χ2n) is 6.10. The number of amides is 1. The van der Waals surface area contributed by atoms with E-state index in [1.165, 1.54) is 0 Å². The Labute approximate surface area is 120 Å². The molecule has 0 aromatic carbocycles. The number of nitrogens with two attached hydrogens (primary N) is 1. The molecule has 1 aliphatic carbocycles. The minimum atomic E-state index is -0.608. The van der Waals surface area contributed by atoms with Crippen molar-refractivity contribution in [2.45, 2.75) is 65.0 Å². The van der Waals surface area contributed by atoms with Gasteiger partial charge in [0.05, 0.1) is 18.6 Å². The van der Waals surface area contributed by atoms with E-state index in [1.807, 2.05) is 0 Å². The van der Waals surface area contributed by atoms with Crippen molar-refractivity contribution < 1.29 is 19.1 Å². The average molecular weight is 286 g/mol. The molecule has 6 nitrogen and oxygen atoms in total. The predicted octanol–water partition coefficient (Wildman–Crippen LogP) is 2.22. The number of hydrazine groups is 1. The molecule has 1 saturated carbocycles. The van der Waals surface area contributed by atoms with Crippen LogP contribution in [0.25, 0.3) is 0 Å². The summed E-state index contributed by atoms with van der Waals surface area (Å²) in [5.74, 6) is 5.23. The molecule has 2 unspecified atom stereocenters. The Morgan fingerprint density at radius 2 is 1.85 bits per heavy atom. The van der Waals surface area contributed by atoms with Gasteiger partial charge in [0.2, 0.25) is 0 Å². The Hall–Kier alpha value is -1.30. The van der Waals surface area contributed by atoms with Gasteiger partial charge in [0.15, 0.2) is 0 Å². The van der Waals surface area contributed by atoms with Crippen molar-refractivity contribution in [3.63, 3.8) is 0 Å². The molecule has 1 rings (SSSR count). The van der Waals surface area contributed by atoms with Crippen LogP contribution in [-0.2, 0) is 14.3 Å². The third kappa shape index (κ3) is 4.67. The highest BCUT2D eigenvalue weighted by Gasteiger charge is 2.38. The molecule has 1 aliphatic rings. The molecule has 0 bridgehead atoms. The average Bonchev–Trinajstić information content (AvgIpc) is 2.36. The SMILES string of the molecule is CCOC(=O)C1CCCCC1N(N)C(=O)OC(C)(C)C. The van der Waals surface area contributed by atoms with Crippen LogP contribution in [-0.4, -0.2) is 35.3 Å². The number of rotatable bonds is 3. The van der Waals surface area contributed by atoms with Crippen LogP contribution in [0.15, 0.2) is 0 Å². The molecule has 0 aromatic rings. The Morgan fingerprint density at radius 3 is 2.40 bits per heavy atom. The zero-order chi connectivity index (χ0) is 15.3. The maximum absolute atomic E-state index is 12.0. The molecule has 116 valence electrons. The lowest BCUT2D eigenvalue weighted by molar-refractivity contribution is -0.151. The normalized spacial score (nSPS) is 23.1.